The van der Waals surface area contributed by atoms with Crippen LogP contribution < -0.4 is 14.8 Å². The van der Waals surface area contributed by atoms with Crippen LogP contribution >= 0.6 is 0 Å². The highest BCUT2D eigenvalue weighted by atomic mass is 16.5. The lowest BCUT2D eigenvalue weighted by atomic mass is 10.1. The van der Waals surface area contributed by atoms with Crippen molar-refractivity contribution in [2.45, 2.75) is 12.8 Å². The summed E-state index contributed by atoms with van der Waals surface area (Å²) in [4.78, 5) is 12.1. The summed E-state index contributed by atoms with van der Waals surface area (Å²) < 4.78 is 10.5. The third kappa shape index (κ3) is 4.52. The molecule has 0 bridgehead atoms. The smallest absolute Gasteiger partial charge is 0.224 e. The molecule has 0 saturated heterocycles. The number of ether oxygens (including phenoxy) is 2. The van der Waals surface area contributed by atoms with Gasteiger partial charge in [0.05, 0.1) is 20.6 Å². The van der Waals surface area contributed by atoms with Crippen LogP contribution in [0.25, 0.3) is 0 Å². The average molecular weight is 299 g/mol. The molecule has 4 heteroatoms. The van der Waals surface area contributed by atoms with Crippen molar-refractivity contribution in [3.63, 3.8) is 0 Å². The molecule has 0 fully saturated rings. The van der Waals surface area contributed by atoms with Gasteiger partial charge in [-0.2, -0.15) is 0 Å². The van der Waals surface area contributed by atoms with E-state index in [1.807, 2.05) is 36.4 Å². The predicted molar refractivity (Wildman–Crippen MR) is 86.4 cm³/mol. The molecule has 0 heterocycles. The molecule has 0 atom stereocenters. The van der Waals surface area contributed by atoms with E-state index in [9.17, 15) is 4.79 Å². The lowest BCUT2D eigenvalue weighted by Crippen LogP contribution is -2.27. The monoisotopic (exact) mass is 299 g/mol. The standard InChI is InChI=1S/C18H21NO3/c1-21-16-8-9-17(22-2)15(12-16)13-18(20)19-11-10-14-6-4-3-5-7-14/h3-9,12H,10-11,13H2,1-2H3,(H,19,20). The lowest BCUT2D eigenvalue weighted by Gasteiger charge is -2.11. The number of hydrogen-bond acceptors (Lipinski definition) is 3. The van der Waals surface area contributed by atoms with Gasteiger partial charge in [-0.05, 0) is 30.2 Å². The van der Waals surface area contributed by atoms with Crippen LogP contribution in [-0.4, -0.2) is 26.7 Å². The highest BCUT2D eigenvalue weighted by Crippen LogP contribution is 2.24. The summed E-state index contributed by atoms with van der Waals surface area (Å²) in [5, 5.41) is 2.93. The van der Waals surface area contributed by atoms with E-state index in [-0.39, 0.29) is 12.3 Å². The van der Waals surface area contributed by atoms with Gasteiger partial charge in [0.2, 0.25) is 5.91 Å². The first kappa shape index (κ1) is 15.9. The fraction of sp³-hybridized carbons (Fsp3) is 0.278. The van der Waals surface area contributed by atoms with Crippen molar-refractivity contribution in [3.05, 3.63) is 59.7 Å². The minimum atomic E-state index is -0.0255. The fourth-order valence-corrected chi connectivity index (χ4v) is 2.25. The molecule has 0 radical (unpaired) electrons. The highest BCUT2D eigenvalue weighted by molar-refractivity contribution is 5.79. The minimum absolute atomic E-state index is 0.0255. The fourth-order valence-electron chi connectivity index (χ4n) is 2.25. The van der Waals surface area contributed by atoms with Gasteiger partial charge >= 0.3 is 0 Å². The van der Waals surface area contributed by atoms with Crippen molar-refractivity contribution in [1.82, 2.24) is 5.32 Å². The van der Waals surface area contributed by atoms with Gasteiger partial charge in [0.1, 0.15) is 11.5 Å². The van der Waals surface area contributed by atoms with Crippen LogP contribution in [0.4, 0.5) is 0 Å². The predicted octanol–water partition coefficient (Wildman–Crippen LogP) is 2.61. The van der Waals surface area contributed by atoms with Crippen LogP contribution in [0.1, 0.15) is 11.1 Å². The molecule has 2 aromatic carbocycles. The van der Waals surface area contributed by atoms with Crippen LogP contribution in [0.3, 0.4) is 0 Å². The Morgan fingerprint density at radius 2 is 1.82 bits per heavy atom. The lowest BCUT2D eigenvalue weighted by molar-refractivity contribution is -0.120. The first-order chi connectivity index (χ1) is 10.7. The zero-order valence-corrected chi connectivity index (χ0v) is 13.0. The van der Waals surface area contributed by atoms with Gasteiger partial charge < -0.3 is 14.8 Å². The van der Waals surface area contributed by atoms with Crippen LogP contribution in [0, 0.1) is 0 Å². The molecular weight excluding hydrogens is 278 g/mol. The first-order valence-corrected chi connectivity index (χ1v) is 7.24. The van der Waals surface area contributed by atoms with Crippen molar-refractivity contribution in [2.24, 2.45) is 0 Å². The van der Waals surface area contributed by atoms with Crippen molar-refractivity contribution in [3.8, 4) is 11.5 Å². The highest BCUT2D eigenvalue weighted by Gasteiger charge is 2.10. The summed E-state index contributed by atoms with van der Waals surface area (Å²) in [5.41, 5.74) is 2.03. The molecule has 0 aliphatic heterocycles. The number of carbonyl (C=O) groups is 1. The number of hydrogen-bond donors (Lipinski definition) is 1. The van der Waals surface area contributed by atoms with Crippen LogP contribution in [-0.2, 0) is 17.6 Å². The number of methoxy groups -OCH3 is 2. The quantitative estimate of drug-likeness (QED) is 0.855. The van der Waals surface area contributed by atoms with Crippen molar-refractivity contribution in [2.75, 3.05) is 20.8 Å². The van der Waals surface area contributed by atoms with Gasteiger partial charge in [-0.1, -0.05) is 30.3 Å². The van der Waals surface area contributed by atoms with Crippen molar-refractivity contribution >= 4 is 5.91 Å². The normalized spacial score (nSPS) is 10.1. The van der Waals surface area contributed by atoms with E-state index in [2.05, 4.69) is 17.4 Å². The Bertz CT molecular complexity index is 611. The second-order valence-electron chi connectivity index (χ2n) is 4.94. The minimum Gasteiger partial charge on any atom is -0.497 e. The average Bonchev–Trinajstić information content (AvgIpc) is 2.55. The van der Waals surface area contributed by atoms with Gasteiger partial charge in [-0.15, -0.1) is 0 Å². The molecule has 22 heavy (non-hydrogen) atoms. The third-order valence-electron chi connectivity index (χ3n) is 3.42. The maximum absolute atomic E-state index is 12.1. The van der Waals surface area contributed by atoms with Crippen LogP contribution in [0.2, 0.25) is 0 Å². The van der Waals surface area contributed by atoms with E-state index < -0.39 is 0 Å². The zero-order valence-electron chi connectivity index (χ0n) is 13.0. The molecule has 1 N–H and O–H groups in total. The molecule has 2 rings (SSSR count). The number of carbonyl (C=O) groups excluding carboxylic acids is 1. The van der Waals surface area contributed by atoms with Gasteiger partial charge in [0, 0.05) is 12.1 Å². The Balaban J connectivity index is 1.89. The van der Waals surface area contributed by atoms with Crippen LogP contribution in [0.5, 0.6) is 11.5 Å². The number of nitrogens with one attached hydrogen (secondary N) is 1. The Morgan fingerprint density at radius 3 is 2.50 bits per heavy atom. The molecular formula is C18H21NO3. The summed E-state index contributed by atoms with van der Waals surface area (Å²) in [7, 11) is 3.20. The number of benzene rings is 2. The largest absolute Gasteiger partial charge is 0.497 e. The van der Waals surface area contributed by atoms with E-state index in [1.54, 1.807) is 14.2 Å². The molecule has 0 aliphatic carbocycles. The molecule has 0 unspecified atom stereocenters. The summed E-state index contributed by atoms with van der Waals surface area (Å²) in [6, 6.07) is 15.5. The van der Waals surface area contributed by atoms with E-state index in [0.717, 1.165) is 12.0 Å². The molecule has 1 amide bonds. The molecule has 116 valence electrons. The number of rotatable bonds is 7. The van der Waals surface area contributed by atoms with E-state index in [4.69, 9.17) is 9.47 Å². The van der Waals surface area contributed by atoms with Crippen LogP contribution in [0.15, 0.2) is 48.5 Å². The Hall–Kier alpha value is -2.49. The molecule has 0 saturated carbocycles. The van der Waals surface area contributed by atoms with E-state index >= 15 is 0 Å². The van der Waals surface area contributed by atoms with Crippen molar-refractivity contribution < 1.29 is 14.3 Å². The molecule has 0 spiro atoms. The number of amides is 1. The maximum Gasteiger partial charge on any atom is 0.224 e. The molecule has 4 nitrogen and oxygen atoms in total. The van der Waals surface area contributed by atoms with Gasteiger partial charge in [0.15, 0.2) is 0 Å². The van der Waals surface area contributed by atoms with Gasteiger partial charge in [-0.3, -0.25) is 4.79 Å². The second-order valence-corrected chi connectivity index (χ2v) is 4.94. The summed E-state index contributed by atoms with van der Waals surface area (Å²) in [6.07, 6.45) is 1.09. The summed E-state index contributed by atoms with van der Waals surface area (Å²) >= 11 is 0. The van der Waals surface area contributed by atoms with Gasteiger partial charge in [0.25, 0.3) is 0 Å². The van der Waals surface area contributed by atoms with Gasteiger partial charge in [-0.25, -0.2) is 0 Å². The first-order valence-electron chi connectivity index (χ1n) is 7.24. The van der Waals surface area contributed by atoms with Crippen molar-refractivity contribution in [1.29, 1.82) is 0 Å². The topological polar surface area (TPSA) is 47.6 Å². The molecule has 2 aromatic rings. The van der Waals surface area contributed by atoms with E-state index in [1.165, 1.54) is 5.56 Å². The zero-order chi connectivity index (χ0) is 15.8. The second kappa shape index (κ2) is 8.08. The third-order valence-corrected chi connectivity index (χ3v) is 3.42. The summed E-state index contributed by atoms with van der Waals surface area (Å²) in [6.45, 7) is 0.620. The molecule has 0 aliphatic rings. The molecule has 0 aromatic heterocycles. The Morgan fingerprint density at radius 1 is 1.05 bits per heavy atom. The Kier molecular flexibility index (Phi) is 5.83. The SMILES string of the molecule is COc1ccc(OC)c(CC(=O)NCCc2ccccc2)c1. The van der Waals surface area contributed by atoms with E-state index in [0.29, 0.717) is 18.0 Å². The summed E-state index contributed by atoms with van der Waals surface area (Å²) in [5.74, 6) is 1.38. The maximum atomic E-state index is 12.1. The Labute approximate surface area is 131 Å².